The molecule has 0 fully saturated rings. The second-order valence-corrected chi connectivity index (χ2v) is 5.54. The van der Waals surface area contributed by atoms with E-state index in [2.05, 4.69) is 5.32 Å². The lowest BCUT2D eigenvalue weighted by molar-refractivity contribution is 0.448. The molecule has 5 heteroatoms. The standard InChI is InChI=1S/C15H15Cl2NO2/c1-8-3-14(17)15(7-13(8)16)18-9(2)10-4-11(19)6-12(20)5-10/h3-7,9,18-20H,1-2H3. The average molecular weight is 312 g/mol. The van der Waals surface area contributed by atoms with Crippen LogP contribution in [0.25, 0.3) is 0 Å². The molecule has 1 unspecified atom stereocenters. The van der Waals surface area contributed by atoms with Crippen LogP contribution < -0.4 is 5.32 Å². The molecule has 1 atom stereocenters. The summed E-state index contributed by atoms with van der Waals surface area (Å²) in [5.74, 6) is 0.0309. The first kappa shape index (κ1) is 14.8. The van der Waals surface area contributed by atoms with Gasteiger partial charge in [0, 0.05) is 17.1 Å². The van der Waals surface area contributed by atoms with Gasteiger partial charge in [0.2, 0.25) is 0 Å². The maximum absolute atomic E-state index is 9.51. The minimum atomic E-state index is -0.149. The molecule has 0 amide bonds. The summed E-state index contributed by atoms with van der Waals surface area (Å²) in [6, 6.07) is 7.86. The molecule has 0 spiro atoms. The Labute approximate surface area is 127 Å². The molecule has 20 heavy (non-hydrogen) atoms. The van der Waals surface area contributed by atoms with Crippen LogP contribution in [0.1, 0.15) is 24.1 Å². The van der Waals surface area contributed by atoms with Crippen LogP contribution in [0.2, 0.25) is 10.0 Å². The minimum absolute atomic E-state index is 0.0154. The highest BCUT2D eigenvalue weighted by Crippen LogP contribution is 2.32. The Kier molecular flexibility index (Phi) is 4.31. The van der Waals surface area contributed by atoms with Crippen LogP contribution in [0.3, 0.4) is 0 Å². The number of phenolic OH excluding ortho intramolecular Hbond substituents is 2. The van der Waals surface area contributed by atoms with Crippen molar-refractivity contribution in [3.05, 3.63) is 51.5 Å². The summed E-state index contributed by atoms with van der Waals surface area (Å²) in [6.07, 6.45) is 0. The Morgan fingerprint density at radius 2 is 1.55 bits per heavy atom. The number of aryl methyl sites for hydroxylation is 1. The van der Waals surface area contributed by atoms with Gasteiger partial charge in [0.05, 0.1) is 10.7 Å². The van der Waals surface area contributed by atoms with Crippen molar-refractivity contribution in [1.82, 2.24) is 0 Å². The molecule has 3 nitrogen and oxygen atoms in total. The van der Waals surface area contributed by atoms with E-state index in [4.69, 9.17) is 23.2 Å². The lowest BCUT2D eigenvalue weighted by Gasteiger charge is -2.18. The van der Waals surface area contributed by atoms with E-state index < -0.39 is 0 Å². The highest BCUT2D eigenvalue weighted by molar-refractivity contribution is 6.35. The van der Waals surface area contributed by atoms with Crippen LogP contribution in [-0.4, -0.2) is 10.2 Å². The Bertz CT molecular complexity index is 624. The normalized spacial score (nSPS) is 12.2. The third-order valence-corrected chi connectivity index (χ3v) is 3.77. The molecule has 2 aromatic rings. The molecule has 106 valence electrons. The van der Waals surface area contributed by atoms with E-state index >= 15 is 0 Å². The lowest BCUT2D eigenvalue weighted by Crippen LogP contribution is -2.07. The van der Waals surface area contributed by atoms with Crippen molar-refractivity contribution in [2.45, 2.75) is 19.9 Å². The third kappa shape index (κ3) is 3.30. The molecule has 2 aromatic carbocycles. The summed E-state index contributed by atoms with van der Waals surface area (Å²) < 4.78 is 0. The summed E-state index contributed by atoms with van der Waals surface area (Å²) in [5, 5.41) is 23.4. The van der Waals surface area contributed by atoms with E-state index in [-0.39, 0.29) is 17.5 Å². The second kappa shape index (κ2) is 5.81. The fourth-order valence-corrected chi connectivity index (χ4v) is 2.38. The van der Waals surface area contributed by atoms with E-state index in [0.717, 1.165) is 11.1 Å². The van der Waals surface area contributed by atoms with Crippen molar-refractivity contribution in [3.8, 4) is 11.5 Å². The quantitative estimate of drug-likeness (QED) is 0.756. The van der Waals surface area contributed by atoms with Crippen LogP contribution in [0.15, 0.2) is 30.3 Å². The van der Waals surface area contributed by atoms with Gasteiger partial charge in [-0.1, -0.05) is 23.2 Å². The zero-order chi connectivity index (χ0) is 14.9. The van der Waals surface area contributed by atoms with E-state index in [1.54, 1.807) is 24.3 Å². The Morgan fingerprint density at radius 3 is 2.15 bits per heavy atom. The Hall–Kier alpha value is -1.58. The number of anilines is 1. The van der Waals surface area contributed by atoms with Gasteiger partial charge in [-0.3, -0.25) is 0 Å². The number of rotatable bonds is 3. The molecule has 0 aliphatic rings. The van der Waals surface area contributed by atoms with Crippen LogP contribution in [0.5, 0.6) is 11.5 Å². The van der Waals surface area contributed by atoms with Crippen molar-refractivity contribution in [2.75, 3.05) is 5.32 Å². The van der Waals surface area contributed by atoms with Gasteiger partial charge in [-0.15, -0.1) is 0 Å². The minimum Gasteiger partial charge on any atom is -0.508 e. The van der Waals surface area contributed by atoms with Gasteiger partial charge in [-0.25, -0.2) is 0 Å². The van der Waals surface area contributed by atoms with Gasteiger partial charge in [0.25, 0.3) is 0 Å². The number of hydrogen-bond donors (Lipinski definition) is 3. The van der Waals surface area contributed by atoms with Crippen molar-refractivity contribution in [2.24, 2.45) is 0 Å². The number of nitrogens with one attached hydrogen (secondary N) is 1. The number of aromatic hydroxyl groups is 2. The van der Waals surface area contributed by atoms with E-state index in [9.17, 15) is 10.2 Å². The third-order valence-electron chi connectivity index (χ3n) is 3.05. The molecule has 0 saturated carbocycles. The topological polar surface area (TPSA) is 52.5 Å². The van der Waals surface area contributed by atoms with Gasteiger partial charge in [-0.2, -0.15) is 0 Å². The van der Waals surface area contributed by atoms with Crippen molar-refractivity contribution in [1.29, 1.82) is 0 Å². The molecule has 0 bridgehead atoms. The summed E-state index contributed by atoms with van der Waals surface area (Å²) in [6.45, 7) is 3.78. The molecule has 0 aliphatic heterocycles. The molecular formula is C15H15Cl2NO2. The molecule has 3 N–H and O–H groups in total. The van der Waals surface area contributed by atoms with Gasteiger partial charge in [0.15, 0.2) is 0 Å². The predicted octanol–water partition coefficient (Wildman–Crippen LogP) is 4.89. The molecule has 0 aromatic heterocycles. The molecule has 0 aliphatic carbocycles. The average Bonchev–Trinajstić information content (AvgIpc) is 2.34. The fraction of sp³-hybridized carbons (Fsp3) is 0.200. The van der Waals surface area contributed by atoms with Gasteiger partial charge >= 0.3 is 0 Å². The van der Waals surface area contributed by atoms with E-state index in [1.165, 1.54) is 6.07 Å². The van der Waals surface area contributed by atoms with Gasteiger partial charge < -0.3 is 15.5 Å². The second-order valence-electron chi connectivity index (χ2n) is 4.73. The summed E-state index contributed by atoms with van der Waals surface area (Å²) in [4.78, 5) is 0. The molecular weight excluding hydrogens is 297 g/mol. The summed E-state index contributed by atoms with van der Waals surface area (Å²) >= 11 is 12.3. The Balaban J connectivity index is 2.27. The van der Waals surface area contributed by atoms with Crippen LogP contribution in [0, 0.1) is 6.92 Å². The Morgan fingerprint density at radius 1 is 0.950 bits per heavy atom. The molecule has 2 rings (SSSR count). The van der Waals surface area contributed by atoms with Crippen LogP contribution >= 0.6 is 23.2 Å². The highest BCUT2D eigenvalue weighted by atomic mass is 35.5. The first-order valence-corrected chi connectivity index (χ1v) is 6.87. The first-order chi connectivity index (χ1) is 9.36. The fourth-order valence-electron chi connectivity index (χ4n) is 1.94. The van der Waals surface area contributed by atoms with Gasteiger partial charge in [-0.05, 0) is 49.2 Å². The lowest BCUT2D eigenvalue weighted by atomic mass is 10.1. The summed E-state index contributed by atoms with van der Waals surface area (Å²) in [7, 11) is 0. The SMILES string of the molecule is Cc1cc(Cl)c(NC(C)c2cc(O)cc(O)c2)cc1Cl. The molecule has 0 saturated heterocycles. The smallest absolute Gasteiger partial charge is 0.119 e. The number of benzene rings is 2. The van der Waals surface area contributed by atoms with Crippen molar-refractivity contribution < 1.29 is 10.2 Å². The molecule has 0 heterocycles. The largest absolute Gasteiger partial charge is 0.508 e. The monoisotopic (exact) mass is 311 g/mol. The highest BCUT2D eigenvalue weighted by Gasteiger charge is 2.11. The van der Waals surface area contributed by atoms with E-state index in [1.807, 2.05) is 13.8 Å². The summed E-state index contributed by atoms with van der Waals surface area (Å²) in [5.41, 5.74) is 2.36. The van der Waals surface area contributed by atoms with Crippen LogP contribution in [-0.2, 0) is 0 Å². The molecule has 0 radical (unpaired) electrons. The van der Waals surface area contributed by atoms with E-state index in [0.29, 0.717) is 15.7 Å². The maximum Gasteiger partial charge on any atom is 0.119 e. The number of hydrogen-bond acceptors (Lipinski definition) is 3. The maximum atomic E-state index is 9.51. The van der Waals surface area contributed by atoms with Crippen molar-refractivity contribution in [3.63, 3.8) is 0 Å². The zero-order valence-corrected chi connectivity index (χ0v) is 12.6. The zero-order valence-electron chi connectivity index (χ0n) is 11.1. The predicted molar refractivity (Wildman–Crippen MR) is 83.0 cm³/mol. The van der Waals surface area contributed by atoms with Gasteiger partial charge in [0.1, 0.15) is 11.5 Å². The first-order valence-electron chi connectivity index (χ1n) is 6.12. The van der Waals surface area contributed by atoms with Crippen LogP contribution in [0.4, 0.5) is 5.69 Å². The number of halogens is 2. The van der Waals surface area contributed by atoms with Crippen molar-refractivity contribution >= 4 is 28.9 Å². The number of phenols is 2.